The zero-order valence-corrected chi connectivity index (χ0v) is 20.2. The summed E-state index contributed by atoms with van der Waals surface area (Å²) >= 11 is 0. The fourth-order valence-electron chi connectivity index (χ4n) is 3.82. The molecule has 2 amide bonds. The quantitative estimate of drug-likeness (QED) is 0.654. The summed E-state index contributed by atoms with van der Waals surface area (Å²) in [5, 5.41) is 2.86. The molecule has 1 aliphatic rings. The van der Waals surface area contributed by atoms with E-state index in [9.17, 15) is 18.0 Å². The molecule has 2 aromatic rings. The lowest BCUT2D eigenvalue weighted by atomic mass is 9.94. The van der Waals surface area contributed by atoms with Crippen molar-refractivity contribution >= 4 is 27.5 Å². The van der Waals surface area contributed by atoms with Crippen LogP contribution < -0.4 is 19.7 Å². The summed E-state index contributed by atoms with van der Waals surface area (Å²) in [5.74, 6) is -0.179. The van der Waals surface area contributed by atoms with E-state index in [1.165, 1.54) is 19.1 Å². The van der Waals surface area contributed by atoms with E-state index in [-0.39, 0.29) is 19.6 Å². The zero-order valence-electron chi connectivity index (χ0n) is 19.4. The molecule has 0 aromatic heterocycles. The number of benzene rings is 2. The third-order valence-electron chi connectivity index (χ3n) is 5.70. The van der Waals surface area contributed by atoms with E-state index in [0.717, 1.165) is 21.7 Å². The van der Waals surface area contributed by atoms with Gasteiger partial charge < -0.3 is 14.8 Å². The average Bonchev–Trinajstić information content (AvgIpc) is 2.77. The minimum atomic E-state index is -3.71. The summed E-state index contributed by atoms with van der Waals surface area (Å²) in [7, 11) is -0.757. The van der Waals surface area contributed by atoms with E-state index >= 15 is 0 Å². The Bertz CT molecular complexity index is 1150. The van der Waals surface area contributed by atoms with E-state index in [1.54, 1.807) is 25.1 Å². The Morgan fingerprint density at radius 1 is 1.12 bits per heavy atom. The zero-order chi connectivity index (χ0) is 24.4. The van der Waals surface area contributed by atoms with Gasteiger partial charge in [0.2, 0.25) is 21.8 Å². The number of nitrogens with zero attached hydrogens (tertiary/aromatic N) is 2. The highest BCUT2D eigenvalue weighted by atomic mass is 32.2. The fraction of sp³-hybridized carbons (Fsp3) is 0.391. The van der Waals surface area contributed by atoms with Gasteiger partial charge in [0.05, 0.1) is 32.7 Å². The van der Waals surface area contributed by atoms with Gasteiger partial charge in [-0.05, 0) is 31.5 Å². The second-order valence-electron chi connectivity index (χ2n) is 8.24. The molecule has 9 nitrogen and oxygen atoms in total. The molecule has 178 valence electrons. The number of methoxy groups -OCH3 is 2. The summed E-state index contributed by atoms with van der Waals surface area (Å²) in [6.07, 6.45) is 1.02. The Labute approximate surface area is 194 Å². The van der Waals surface area contributed by atoms with Crippen LogP contribution in [0.1, 0.15) is 18.1 Å². The summed E-state index contributed by atoms with van der Waals surface area (Å²) in [4.78, 5) is 28.1. The number of anilines is 1. The normalized spacial score (nSPS) is 19.3. The van der Waals surface area contributed by atoms with Crippen molar-refractivity contribution in [2.24, 2.45) is 0 Å². The van der Waals surface area contributed by atoms with Crippen LogP contribution in [-0.4, -0.2) is 63.6 Å². The summed E-state index contributed by atoms with van der Waals surface area (Å²) in [6, 6.07) is 12.6. The Balaban J connectivity index is 2.01. The van der Waals surface area contributed by atoms with E-state index < -0.39 is 27.4 Å². The first kappa shape index (κ1) is 24.5. The number of carbonyl (C=O) groups is 2. The minimum absolute atomic E-state index is 0.202. The number of ether oxygens (including phenoxy) is 2. The molecule has 1 aliphatic heterocycles. The second kappa shape index (κ2) is 9.40. The van der Waals surface area contributed by atoms with E-state index in [4.69, 9.17) is 9.47 Å². The first-order valence-corrected chi connectivity index (χ1v) is 12.2. The molecule has 0 unspecified atom stereocenters. The van der Waals surface area contributed by atoms with Crippen molar-refractivity contribution in [3.63, 3.8) is 0 Å². The highest BCUT2D eigenvalue weighted by molar-refractivity contribution is 7.88. The number of carbonyl (C=O) groups excluding carboxylic acids is 2. The van der Waals surface area contributed by atoms with Gasteiger partial charge in [-0.3, -0.25) is 14.5 Å². The second-order valence-corrected chi connectivity index (χ2v) is 10.2. The van der Waals surface area contributed by atoms with Gasteiger partial charge in [-0.1, -0.05) is 29.8 Å². The van der Waals surface area contributed by atoms with Crippen molar-refractivity contribution in [2.75, 3.05) is 38.5 Å². The number of piperazine rings is 1. The number of nitrogens with one attached hydrogen (secondary N) is 1. The third-order valence-corrected chi connectivity index (χ3v) is 6.89. The monoisotopic (exact) mass is 475 g/mol. The van der Waals surface area contributed by atoms with Crippen LogP contribution in [0.5, 0.6) is 11.5 Å². The molecule has 1 atom stereocenters. The van der Waals surface area contributed by atoms with Crippen LogP contribution in [0.3, 0.4) is 0 Å². The molecule has 0 spiro atoms. The molecule has 0 bridgehead atoms. The first-order valence-electron chi connectivity index (χ1n) is 10.3. The van der Waals surface area contributed by atoms with Crippen LogP contribution in [0.25, 0.3) is 0 Å². The van der Waals surface area contributed by atoms with Crippen molar-refractivity contribution in [3.05, 3.63) is 53.6 Å². The molecule has 0 radical (unpaired) electrons. The molecule has 1 N–H and O–H groups in total. The summed E-state index contributed by atoms with van der Waals surface area (Å²) in [6.45, 7) is 3.17. The number of rotatable bonds is 7. The fourth-order valence-corrected chi connectivity index (χ4v) is 4.65. The van der Waals surface area contributed by atoms with Crippen molar-refractivity contribution in [1.82, 2.24) is 9.62 Å². The van der Waals surface area contributed by atoms with Crippen LogP contribution in [0, 0.1) is 6.92 Å². The molecule has 0 aliphatic carbocycles. The Kier molecular flexibility index (Phi) is 6.99. The molecular formula is C23H29N3O6S. The molecule has 10 heteroatoms. The molecule has 1 fully saturated rings. The van der Waals surface area contributed by atoms with Gasteiger partial charge in [0.15, 0.2) is 0 Å². The molecular weight excluding hydrogens is 446 g/mol. The van der Waals surface area contributed by atoms with E-state index in [0.29, 0.717) is 17.2 Å². The van der Waals surface area contributed by atoms with Gasteiger partial charge in [0.25, 0.3) is 0 Å². The largest absolute Gasteiger partial charge is 0.497 e. The number of hydrogen-bond acceptors (Lipinski definition) is 6. The highest BCUT2D eigenvalue weighted by Crippen LogP contribution is 2.38. The summed E-state index contributed by atoms with van der Waals surface area (Å²) in [5.41, 5.74) is 0.805. The Morgan fingerprint density at radius 3 is 2.36 bits per heavy atom. The van der Waals surface area contributed by atoms with Crippen LogP contribution in [-0.2, 0) is 26.2 Å². The smallest absolute Gasteiger partial charge is 0.247 e. The predicted molar refractivity (Wildman–Crippen MR) is 125 cm³/mol. The Hall–Kier alpha value is -3.11. The maximum absolute atomic E-state index is 13.5. The maximum Gasteiger partial charge on any atom is 0.247 e. The molecule has 0 saturated carbocycles. The average molecular weight is 476 g/mol. The number of hydrogen-bond donors (Lipinski definition) is 1. The lowest BCUT2D eigenvalue weighted by Gasteiger charge is -2.46. The van der Waals surface area contributed by atoms with Gasteiger partial charge in [0, 0.05) is 19.2 Å². The molecule has 3 rings (SSSR count). The minimum Gasteiger partial charge on any atom is -0.497 e. The first-order chi connectivity index (χ1) is 15.5. The predicted octanol–water partition coefficient (Wildman–Crippen LogP) is 1.70. The van der Waals surface area contributed by atoms with Crippen molar-refractivity contribution in [1.29, 1.82) is 0 Å². The van der Waals surface area contributed by atoms with Crippen LogP contribution >= 0.6 is 0 Å². The molecule has 1 heterocycles. The van der Waals surface area contributed by atoms with Gasteiger partial charge in [-0.2, -0.15) is 4.31 Å². The van der Waals surface area contributed by atoms with E-state index in [1.807, 2.05) is 31.2 Å². The molecule has 33 heavy (non-hydrogen) atoms. The highest BCUT2D eigenvalue weighted by Gasteiger charge is 2.51. The van der Waals surface area contributed by atoms with E-state index in [2.05, 4.69) is 5.32 Å². The number of sulfonamides is 1. The van der Waals surface area contributed by atoms with Crippen LogP contribution in [0.2, 0.25) is 0 Å². The number of amides is 2. The molecule has 1 saturated heterocycles. The topological polar surface area (TPSA) is 105 Å². The number of aryl methyl sites for hydroxylation is 1. The molecule has 2 aromatic carbocycles. The van der Waals surface area contributed by atoms with Gasteiger partial charge >= 0.3 is 0 Å². The van der Waals surface area contributed by atoms with Crippen LogP contribution in [0.15, 0.2) is 42.5 Å². The Morgan fingerprint density at radius 2 is 1.79 bits per heavy atom. The lowest BCUT2D eigenvalue weighted by molar-refractivity contribution is -0.133. The SMILES string of the molecule is COc1ccc(N2C(=O)CN(S(C)(=O)=O)C[C@]2(C)C(=O)NCc2ccc(C)cc2)c(OC)c1. The standard InChI is InChI=1S/C23H29N3O6S/c1-16-6-8-17(9-7-16)13-24-22(28)23(2)15-25(33(5,29)30)14-21(27)26(23)19-11-10-18(31-3)12-20(19)32-4/h6-12H,13-15H2,1-5H3,(H,24,28)/t23-/m1/s1. The van der Waals surface area contributed by atoms with Gasteiger partial charge in [-0.25, -0.2) is 8.42 Å². The maximum atomic E-state index is 13.5. The van der Waals surface area contributed by atoms with Crippen molar-refractivity contribution in [2.45, 2.75) is 25.9 Å². The third kappa shape index (κ3) is 5.12. The van der Waals surface area contributed by atoms with Gasteiger partial charge in [-0.15, -0.1) is 0 Å². The lowest BCUT2D eigenvalue weighted by Crippen LogP contribution is -2.70. The van der Waals surface area contributed by atoms with Gasteiger partial charge in [0.1, 0.15) is 17.0 Å². The van der Waals surface area contributed by atoms with Crippen molar-refractivity contribution in [3.8, 4) is 11.5 Å². The van der Waals surface area contributed by atoms with Crippen LogP contribution in [0.4, 0.5) is 5.69 Å². The van der Waals surface area contributed by atoms with Crippen molar-refractivity contribution < 1.29 is 27.5 Å². The summed E-state index contributed by atoms with van der Waals surface area (Å²) < 4.78 is 36.3.